The molecule has 0 aromatic carbocycles. The minimum atomic E-state index is -0.121. The van der Waals surface area contributed by atoms with E-state index in [1.807, 2.05) is 6.92 Å². The lowest BCUT2D eigenvalue weighted by molar-refractivity contribution is 0.407. The highest BCUT2D eigenvalue weighted by Gasteiger charge is 2.28. The van der Waals surface area contributed by atoms with Gasteiger partial charge < -0.3 is 5.73 Å². The molecule has 1 aromatic rings. The third kappa shape index (κ3) is 2.03. The summed E-state index contributed by atoms with van der Waals surface area (Å²) < 4.78 is 13.1. The first-order valence-corrected chi connectivity index (χ1v) is 5.00. The summed E-state index contributed by atoms with van der Waals surface area (Å²) in [6.07, 6.45) is 2.53. The molecule has 2 rings (SSSR count). The lowest BCUT2D eigenvalue weighted by atomic mass is 9.84. The largest absolute Gasteiger partial charge is 0.325 e. The molecule has 1 nitrogen and oxygen atoms in total. The maximum atomic E-state index is 13.1. The zero-order valence-corrected chi connectivity index (χ0v) is 9.10. The van der Waals surface area contributed by atoms with Gasteiger partial charge in [-0.2, -0.15) is 0 Å². The Kier molecular flexibility index (Phi) is 3.00. The molecule has 1 heterocycles. The molecule has 74 valence electrons. The predicted molar refractivity (Wildman–Crippen MR) is 56.1 cm³/mol. The highest BCUT2D eigenvalue weighted by atomic mass is 35.5. The van der Waals surface area contributed by atoms with Gasteiger partial charge in [-0.05, 0) is 26.2 Å². The van der Waals surface area contributed by atoms with Crippen molar-refractivity contribution >= 4 is 23.7 Å². The van der Waals surface area contributed by atoms with Gasteiger partial charge in [0.2, 0.25) is 0 Å². The molecule has 0 radical (unpaired) electrons. The molecule has 1 aromatic heterocycles. The average molecular weight is 222 g/mol. The fraction of sp³-hybridized carbons (Fsp3) is 0.556. The molecule has 0 amide bonds. The number of hydrogen-bond acceptors (Lipinski definition) is 2. The molecule has 0 fully saturated rings. The van der Waals surface area contributed by atoms with Gasteiger partial charge in [-0.3, -0.25) is 0 Å². The highest BCUT2D eigenvalue weighted by Crippen LogP contribution is 2.32. The van der Waals surface area contributed by atoms with Gasteiger partial charge >= 0.3 is 0 Å². The van der Waals surface area contributed by atoms with Crippen molar-refractivity contribution in [2.75, 3.05) is 0 Å². The third-order valence-electron chi connectivity index (χ3n) is 2.44. The molecule has 1 aliphatic rings. The van der Waals surface area contributed by atoms with E-state index in [1.54, 1.807) is 5.38 Å². The monoisotopic (exact) mass is 221 g/mol. The molecule has 0 saturated carbocycles. The zero-order valence-electron chi connectivity index (χ0n) is 7.47. The molecule has 0 bridgehead atoms. The van der Waals surface area contributed by atoms with E-state index in [9.17, 15) is 4.39 Å². The highest BCUT2D eigenvalue weighted by molar-refractivity contribution is 7.10. The SMILES string of the molecule is CC1(N)CCc2c(F)csc2C1.Cl. The van der Waals surface area contributed by atoms with Crippen LogP contribution in [0.4, 0.5) is 4.39 Å². The molecule has 0 saturated heterocycles. The fourth-order valence-electron chi connectivity index (χ4n) is 1.67. The van der Waals surface area contributed by atoms with Gasteiger partial charge in [0.15, 0.2) is 0 Å². The predicted octanol–water partition coefficient (Wildman–Crippen LogP) is 2.52. The second-order valence-corrected chi connectivity index (χ2v) is 4.78. The first kappa shape index (κ1) is 11.0. The maximum absolute atomic E-state index is 13.1. The summed E-state index contributed by atoms with van der Waals surface area (Å²) in [7, 11) is 0. The third-order valence-corrected chi connectivity index (χ3v) is 3.44. The normalized spacial score (nSPS) is 26.4. The van der Waals surface area contributed by atoms with Crippen molar-refractivity contribution in [3.63, 3.8) is 0 Å². The van der Waals surface area contributed by atoms with E-state index in [2.05, 4.69) is 0 Å². The van der Waals surface area contributed by atoms with E-state index < -0.39 is 0 Å². The van der Waals surface area contributed by atoms with E-state index >= 15 is 0 Å². The second kappa shape index (κ2) is 3.56. The Morgan fingerprint density at radius 1 is 1.62 bits per heavy atom. The maximum Gasteiger partial charge on any atom is 0.137 e. The molecular weight excluding hydrogens is 209 g/mol. The Bertz CT molecular complexity index is 309. The number of thiophene rings is 1. The smallest absolute Gasteiger partial charge is 0.137 e. The second-order valence-electron chi connectivity index (χ2n) is 3.82. The number of halogens is 2. The van der Waals surface area contributed by atoms with Crippen molar-refractivity contribution in [1.29, 1.82) is 0 Å². The van der Waals surface area contributed by atoms with Crippen molar-refractivity contribution in [1.82, 2.24) is 0 Å². The van der Waals surface area contributed by atoms with Crippen LogP contribution in [0.5, 0.6) is 0 Å². The molecule has 0 aliphatic heterocycles. The van der Waals surface area contributed by atoms with Crippen LogP contribution >= 0.6 is 23.7 Å². The Hall–Kier alpha value is -0.120. The van der Waals surface area contributed by atoms with Gasteiger partial charge in [-0.1, -0.05) is 0 Å². The minimum Gasteiger partial charge on any atom is -0.325 e. The van der Waals surface area contributed by atoms with E-state index in [-0.39, 0.29) is 23.8 Å². The van der Waals surface area contributed by atoms with Gasteiger partial charge in [0.05, 0.1) is 0 Å². The summed E-state index contributed by atoms with van der Waals surface area (Å²) in [6, 6.07) is 0. The Labute approximate surface area is 87.5 Å². The van der Waals surface area contributed by atoms with Crippen molar-refractivity contribution < 1.29 is 4.39 Å². The summed E-state index contributed by atoms with van der Waals surface area (Å²) in [5, 5.41) is 1.59. The summed E-state index contributed by atoms with van der Waals surface area (Å²) in [6.45, 7) is 2.04. The first-order chi connectivity index (χ1) is 5.58. The van der Waals surface area contributed by atoms with Crippen LogP contribution in [0, 0.1) is 5.82 Å². The van der Waals surface area contributed by atoms with Crippen LogP contribution in [0.3, 0.4) is 0 Å². The Morgan fingerprint density at radius 3 is 3.00 bits per heavy atom. The van der Waals surface area contributed by atoms with Crippen molar-refractivity contribution in [3.05, 3.63) is 21.6 Å². The summed E-state index contributed by atoms with van der Waals surface area (Å²) in [5.74, 6) is -0.0366. The van der Waals surface area contributed by atoms with E-state index in [1.165, 1.54) is 11.3 Å². The van der Waals surface area contributed by atoms with Gasteiger partial charge in [0.1, 0.15) is 5.82 Å². The molecular formula is C9H13ClFNS. The van der Waals surface area contributed by atoms with Crippen LogP contribution in [0.1, 0.15) is 23.8 Å². The van der Waals surface area contributed by atoms with Crippen LogP contribution in [-0.2, 0) is 12.8 Å². The Balaban J connectivity index is 0.000000845. The van der Waals surface area contributed by atoms with Gasteiger partial charge in [0.25, 0.3) is 0 Å². The summed E-state index contributed by atoms with van der Waals surface area (Å²) in [4.78, 5) is 1.14. The van der Waals surface area contributed by atoms with Gasteiger partial charge in [0, 0.05) is 21.4 Å². The topological polar surface area (TPSA) is 26.0 Å². The van der Waals surface area contributed by atoms with Crippen LogP contribution in [0.2, 0.25) is 0 Å². The molecule has 1 atom stereocenters. The number of rotatable bonds is 0. The quantitative estimate of drug-likeness (QED) is 0.716. The van der Waals surface area contributed by atoms with Gasteiger partial charge in [-0.25, -0.2) is 4.39 Å². The number of nitrogens with two attached hydrogens (primary N) is 1. The van der Waals surface area contributed by atoms with Crippen LogP contribution in [0.25, 0.3) is 0 Å². The van der Waals surface area contributed by atoms with Crippen LogP contribution in [0.15, 0.2) is 5.38 Å². The van der Waals surface area contributed by atoms with Crippen LogP contribution in [-0.4, -0.2) is 5.54 Å². The lowest BCUT2D eigenvalue weighted by Gasteiger charge is -2.28. The lowest BCUT2D eigenvalue weighted by Crippen LogP contribution is -2.41. The molecule has 1 unspecified atom stereocenters. The van der Waals surface area contributed by atoms with E-state index in [4.69, 9.17) is 5.73 Å². The number of fused-ring (bicyclic) bond motifs is 1. The van der Waals surface area contributed by atoms with Crippen molar-refractivity contribution in [2.24, 2.45) is 5.73 Å². The van der Waals surface area contributed by atoms with E-state index in [0.29, 0.717) is 0 Å². The first-order valence-electron chi connectivity index (χ1n) is 4.12. The van der Waals surface area contributed by atoms with Crippen LogP contribution < -0.4 is 5.73 Å². The van der Waals surface area contributed by atoms with Crippen molar-refractivity contribution in [3.8, 4) is 0 Å². The number of hydrogen-bond donors (Lipinski definition) is 1. The Morgan fingerprint density at radius 2 is 2.31 bits per heavy atom. The van der Waals surface area contributed by atoms with E-state index in [0.717, 1.165) is 29.7 Å². The zero-order chi connectivity index (χ0) is 8.77. The standard InChI is InChI=1S/C9H12FNS.ClH/c1-9(11)3-2-6-7(10)5-12-8(6)4-9;/h5H,2-4,11H2,1H3;1H. The minimum absolute atomic E-state index is 0. The average Bonchev–Trinajstić information content (AvgIpc) is 2.30. The molecule has 1 aliphatic carbocycles. The summed E-state index contributed by atoms with van der Waals surface area (Å²) in [5.41, 5.74) is 6.77. The van der Waals surface area contributed by atoms with Gasteiger partial charge in [-0.15, -0.1) is 23.7 Å². The fourth-order valence-corrected chi connectivity index (χ4v) is 2.81. The molecule has 2 N–H and O–H groups in total. The van der Waals surface area contributed by atoms with Crippen molar-refractivity contribution in [2.45, 2.75) is 31.7 Å². The molecule has 4 heteroatoms. The molecule has 13 heavy (non-hydrogen) atoms. The molecule has 0 spiro atoms. The summed E-state index contributed by atoms with van der Waals surface area (Å²) >= 11 is 1.50.